The maximum atomic E-state index is 6.34. The van der Waals surface area contributed by atoms with Gasteiger partial charge in [0, 0.05) is 11.6 Å². The summed E-state index contributed by atoms with van der Waals surface area (Å²) in [6.45, 7) is 2.08. The largest absolute Gasteiger partial charge is 0.497 e. The first-order valence-electron chi connectivity index (χ1n) is 6.98. The van der Waals surface area contributed by atoms with Crippen LogP contribution in [-0.2, 0) is 0 Å². The summed E-state index contributed by atoms with van der Waals surface area (Å²) in [5.41, 5.74) is 9.24. The second-order valence-corrected chi connectivity index (χ2v) is 6.16. The Morgan fingerprint density at radius 1 is 1.23 bits per heavy atom. The van der Waals surface area contributed by atoms with E-state index in [1.165, 1.54) is 5.56 Å². The normalized spacial score (nSPS) is 11.4. The minimum absolute atomic E-state index is 0.672. The highest BCUT2D eigenvalue weighted by atomic mass is 32.1. The van der Waals surface area contributed by atoms with Gasteiger partial charge in [0.1, 0.15) is 22.9 Å². The zero-order valence-corrected chi connectivity index (χ0v) is 13.1. The van der Waals surface area contributed by atoms with Gasteiger partial charge in [-0.15, -0.1) is 11.3 Å². The highest BCUT2D eigenvalue weighted by Gasteiger charge is 2.16. The van der Waals surface area contributed by atoms with Crippen LogP contribution in [0.25, 0.3) is 27.0 Å². The molecule has 4 nitrogen and oxygen atoms in total. The lowest BCUT2D eigenvalue weighted by molar-refractivity contribution is 0.415. The molecule has 5 heteroatoms. The molecule has 0 radical (unpaired) electrons. The van der Waals surface area contributed by atoms with E-state index in [4.69, 9.17) is 15.5 Å². The fourth-order valence-electron chi connectivity index (χ4n) is 2.72. The summed E-state index contributed by atoms with van der Waals surface area (Å²) >= 11 is 1.66. The maximum Gasteiger partial charge on any atom is 0.147 e. The lowest BCUT2D eigenvalue weighted by Gasteiger charge is -2.04. The molecule has 3 aromatic heterocycles. The Hall–Kier alpha value is -2.53. The summed E-state index contributed by atoms with van der Waals surface area (Å²) in [5.74, 6) is 1.49. The van der Waals surface area contributed by atoms with Crippen molar-refractivity contribution in [3.05, 3.63) is 47.5 Å². The number of imidazole rings is 1. The van der Waals surface area contributed by atoms with Crippen molar-refractivity contribution in [2.75, 3.05) is 12.8 Å². The Morgan fingerprint density at radius 2 is 2.09 bits per heavy atom. The van der Waals surface area contributed by atoms with E-state index in [1.807, 2.05) is 34.9 Å². The molecular formula is C17H15N3OS. The number of aromatic nitrogens is 2. The molecule has 0 bridgehead atoms. The monoisotopic (exact) mass is 309 g/mol. The smallest absolute Gasteiger partial charge is 0.147 e. The number of ether oxygens (including phenoxy) is 1. The number of methoxy groups -OCH3 is 1. The fourth-order valence-corrected chi connectivity index (χ4v) is 3.65. The summed E-state index contributed by atoms with van der Waals surface area (Å²) in [6.07, 6.45) is 1.97. The minimum atomic E-state index is 0.672. The van der Waals surface area contributed by atoms with Crippen molar-refractivity contribution in [1.29, 1.82) is 0 Å². The Kier molecular flexibility index (Phi) is 2.84. The van der Waals surface area contributed by atoms with Crippen LogP contribution in [0.4, 0.5) is 5.82 Å². The van der Waals surface area contributed by atoms with E-state index in [1.54, 1.807) is 18.4 Å². The Labute approximate surface area is 131 Å². The number of nitrogens with zero attached hydrogens (tertiary/aromatic N) is 2. The first-order chi connectivity index (χ1) is 10.7. The molecule has 0 unspecified atom stereocenters. The predicted molar refractivity (Wildman–Crippen MR) is 91.7 cm³/mol. The topological polar surface area (TPSA) is 52.5 Å². The molecular weight excluding hydrogens is 294 g/mol. The van der Waals surface area contributed by atoms with Crippen molar-refractivity contribution in [1.82, 2.24) is 9.38 Å². The van der Waals surface area contributed by atoms with Crippen LogP contribution < -0.4 is 10.5 Å². The molecule has 0 saturated carbocycles. The van der Waals surface area contributed by atoms with Crippen molar-refractivity contribution in [3.8, 4) is 16.3 Å². The molecule has 4 aromatic rings. The molecule has 0 fully saturated rings. The van der Waals surface area contributed by atoms with Gasteiger partial charge in [0.2, 0.25) is 0 Å². The second-order valence-electron chi connectivity index (χ2n) is 5.24. The molecule has 0 aliphatic rings. The summed E-state index contributed by atoms with van der Waals surface area (Å²) in [4.78, 5) is 5.93. The number of nitrogen functional groups attached to an aromatic ring is 1. The van der Waals surface area contributed by atoms with Crippen LogP contribution in [-0.4, -0.2) is 16.5 Å². The Morgan fingerprint density at radius 3 is 2.82 bits per heavy atom. The van der Waals surface area contributed by atoms with Gasteiger partial charge in [0.15, 0.2) is 0 Å². The van der Waals surface area contributed by atoms with Crippen LogP contribution in [0.2, 0.25) is 0 Å². The number of fused-ring (bicyclic) bond motifs is 3. The van der Waals surface area contributed by atoms with E-state index in [-0.39, 0.29) is 0 Å². The molecule has 4 rings (SSSR count). The van der Waals surface area contributed by atoms with Crippen molar-refractivity contribution in [2.24, 2.45) is 0 Å². The van der Waals surface area contributed by atoms with E-state index in [0.717, 1.165) is 32.7 Å². The first kappa shape index (κ1) is 13.2. The average molecular weight is 309 g/mol. The standard InChI is InChI=1S/C17H15N3OS/c1-10-6-8-22-15(10)14-16(18)20-7-5-11-3-4-12(21-2)9-13(11)17(20)19-14/h3-9H,18H2,1-2H3. The number of nitrogens with two attached hydrogens (primary N) is 1. The number of hydrogen-bond acceptors (Lipinski definition) is 4. The average Bonchev–Trinajstić information content (AvgIpc) is 3.10. The van der Waals surface area contributed by atoms with E-state index in [0.29, 0.717) is 5.82 Å². The minimum Gasteiger partial charge on any atom is -0.497 e. The number of benzene rings is 1. The summed E-state index contributed by atoms with van der Waals surface area (Å²) < 4.78 is 7.27. The number of aryl methyl sites for hydroxylation is 1. The summed E-state index contributed by atoms with van der Waals surface area (Å²) in [5, 5.41) is 4.22. The van der Waals surface area contributed by atoms with Crippen molar-refractivity contribution < 1.29 is 4.74 Å². The molecule has 2 N–H and O–H groups in total. The van der Waals surface area contributed by atoms with Crippen LogP contribution in [0.3, 0.4) is 0 Å². The van der Waals surface area contributed by atoms with Gasteiger partial charge < -0.3 is 10.5 Å². The van der Waals surface area contributed by atoms with Crippen LogP contribution >= 0.6 is 11.3 Å². The molecule has 0 atom stereocenters. The first-order valence-corrected chi connectivity index (χ1v) is 7.86. The zero-order valence-electron chi connectivity index (χ0n) is 12.3. The van der Waals surface area contributed by atoms with E-state index >= 15 is 0 Å². The third-order valence-electron chi connectivity index (χ3n) is 3.93. The third kappa shape index (κ3) is 1.79. The Balaban J connectivity index is 2.08. The Bertz CT molecular complexity index is 1000. The molecule has 3 heterocycles. The van der Waals surface area contributed by atoms with Gasteiger partial charge in [0.25, 0.3) is 0 Å². The number of rotatable bonds is 2. The van der Waals surface area contributed by atoms with Crippen LogP contribution in [0.5, 0.6) is 5.75 Å². The van der Waals surface area contributed by atoms with E-state index in [9.17, 15) is 0 Å². The quantitative estimate of drug-likeness (QED) is 0.606. The number of pyridine rings is 1. The van der Waals surface area contributed by atoms with Crippen LogP contribution in [0, 0.1) is 6.92 Å². The highest BCUT2D eigenvalue weighted by molar-refractivity contribution is 7.13. The summed E-state index contributed by atoms with van der Waals surface area (Å²) in [6, 6.07) is 10.1. The summed E-state index contributed by atoms with van der Waals surface area (Å²) in [7, 11) is 1.67. The molecule has 1 aromatic carbocycles. The number of thiophene rings is 1. The molecule has 0 spiro atoms. The molecule has 0 aliphatic carbocycles. The van der Waals surface area contributed by atoms with E-state index < -0.39 is 0 Å². The number of hydrogen-bond donors (Lipinski definition) is 1. The van der Waals surface area contributed by atoms with Crippen LogP contribution in [0.15, 0.2) is 41.9 Å². The van der Waals surface area contributed by atoms with Crippen molar-refractivity contribution in [3.63, 3.8) is 0 Å². The maximum absolute atomic E-state index is 6.34. The number of anilines is 1. The molecule has 0 saturated heterocycles. The molecule has 0 aliphatic heterocycles. The lowest BCUT2D eigenvalue weighted by Crippen LogP contribution is -1.94. The molecule has 0 amide bonds. The van der Waals surface area contributed by atoms with Gasteiger partial charge in [0.05, 0.1) is 12.0 Å². The van der Waals surface area contributed by atoms with E-state index in [2.05, 4.69) is 18.4 Å². The van der Waals surface area contributed by atoms with Gasteiger partial charge in [-0.1, -0.05) is 6.07 Å². The van der Waals surface area contributed by atoms with Crippen molar-refractivity contribution >= 4 is 33.6 Å². The van der Waals surface area contributed by atoms with Crippen LogP contribution in [0.1, 0.15) is 5.56 Å². The SMILES string of the molecule is COc1ccc2ccn3c(N)c(-c4sccc4C)nc3c2c1. The lowest BCUT2D eigenvalue weighted by atomic mass is 10.1. The zero-order chi connectivity index (χ0) is 15.3. The van der Waals surface area contributed by atoms with Gasteiger partial charge >= 0.3 is 0 Å². The van der Waals surface area contributed by atoms with Gasteiger partial charge in [-0.25, -0.2) is 4.98 Å². The highest BCUT2D eigenvalue weighted by Crippen LogP contribution is 2.35. The van der Waals surface area contributed by atoms with Gasteiger partial charge in [-0.05, 0) is 47.5 Å². The second kappa shape index (κ2) is 4.74. The van der Waals surface area contributed by atoms with Crippen molar-refractivity contribution in [2.45, 2.75) is 6.92 Å². The van der Waals surface area contributed by atoms with Gasteiger partial charge in [-0.2, -0.15) is 0 Å². The molecule has 110 valence electrons. The molecule has 22 heavy (non-hydrogen) atoms. The fraction of sp³-hybridized carbons (Fsp3) is 0.118. The third-order valence-corrected chi connectivity index (χ3v) is 4.95. The predicted octanol–water partition coefficient (Wildman–Crippen LogP) is 4.12. The van der Waals surface area contributed by atoms with Gasteiger partial charge in [-0.3, -0.25) is 4.40 Å².